The second-order valence-electron chi connectivity index (χ2n) is 5.86. The molecule has 1 aliphatic rings. The van der Waals surface area contributed by atoms with Gasteiger partial charge in [-0.2, -0.15) is 5.26 Å². The van der Waals surface area contributed by atoms with Gasteiger partial charge in [0.2, 0.25) is 0 Å². The number of likely N-dealkylation sites (N-methyl/N-ethyl adjacent to an activating group) is 1. The summed E-state index contributed by atoms with van der Waals surface area (Å²) in [5, 5.41) is 9.08. The molecule has 0 aromatic heterocycles. The predicted octanol–water partition coefficient (Wildman–Crippen LogP) is 2.22. The molecule has 0 aliphatic carbocycles. The van der Waals surface area contributed by atoms with Crippen LogP contribution in [0.15, 0.2) is 18.2 Å². The Morgan fingerprint density at radius 1 is 1.37 bits per heavy atom. The molecule has 1 heterocycles. The Labute approximate surface area is 114 Å². The van der Waals surface area contributed by atoms with E-state index in [1.807, 2.05) is 0 Å². The Morgan fingerprint density at radius 2 is 2.11 bits per heavy atom. The number of hydrogen-bond acceptors (Lipinski definition) is 3. The van der Waals surface area contributed by atoms with Crippen LogP contribution < -0.4 is 0 Å². The molecular weight excluding hydrogens is 241 g/mol. The van der Waals surface area contributed by atoms with Crippen LogP contribution in [0.1, 0.15) is 25.0 Å². The van der Waals surface area contributed by atoms with Crippen LogP contribution in [0.25, 0.3) is 0 Å². The average Bonchev–Trinajstić information content (AvgIpc) is 2.34. The van der Waals surface area contributed by atoms with E-state index in [0.717, 1.165) is 25.2 Å². The van der Waals surface area contributed by atoms with Gasteiger partial charge in [-0.3, -0.25) is 9.80 Å². The molecule has 0 bridgehead atoms. The average molecular weight is 261 g/mol. The fourth-order valence-electron chi connectivity index (χ4n) is 2.52. The summed E-state index contributed by atoms with van der Waals surface area (Å²) in [5.74, 6) is -0.276. The van der Waals surface area contributed by atoms with Crippen molar-refractivity contribution in [2.45, 2.75) is 25.9 Å². The van der Waals surface area contributed by atoms with E-state index >= 15 is 0 Å². The van der Waals surface area contributed by atoms with Gasteiger partial charge in [0, 0.05) is 31.7 Å². The minimum Gasteiger partial charge on any atom is -0.299 e. The molecular formula is C15H20FN3. The molecule has 2 rings (SSSR count). The molecule has 0 atom stereocenters. The van der Waals surface area contributed by atoms with E-state index in [2.05, 4.69) is 36.8 Å². The number of rotatable bonds is 2. The van der Waals surface area contributed by atoms with Gasteiger partial charge in [-0.15, -0.1) is 0 Å². The largest absolute Gasteiger partial charge is 0.299 e. The molecule has 0 radical (unpaired) electrons. The zero-order chi connectivity index (χ0) is 14.0. The van der Waals surface area contributed by atoms with E-state index in [1.54, 1.807) is 6.07 Å². The Kier molecular flexibility index (Phi) is 3.88. The van der Waals surface area contributed by atoms with E-state index in [4.69, 9.17) is 5.26 Å². The van der Waals surface area contributed by atoms with Crippen molar-refractivity contribution in [3.8, 4) is 6.07 Å². The number of piperazine rings is 1. The number of nitrogens with zero attached hydrogens (tertiary/aromatic N) is 3. The zero-order valence-corrected chi connectivity index (χ0v) is 11.8. The Bertz CT molecular complexity index is 505. The van der Waals surface area contributed by atoms with Gasteiger partial charge in [-0.05, 0) is 44.7 Å². The van der Waals surface area contributed by atoms with Gasteiger partial charge in [-0.1, -0.05) is 0 Å². The first-order valence-electron chi connectivity index (χ1n) is 6.54. The Balaban J connectivity index is 2.14. The second-order valence-corrected chi connectivity index (χ2v) is 5.86. The minimum absolute atomic E-state index is 0.110. The van der Waals surface area contributed by atoms with E-state index < -0.39 is 0 Å². The topological polar surface area (TPSA) is 30.3 Å². The molecule has 0 unspecified atom stereocenters. The third kappa shape index (κ3) is 3.12. The second kappa shape index (κ2) is 5.28. The molecule has 1 aromatic rings. The molecule has 1 aliphatic heterocycles. The normalized spacial score (nSPS) is 20.2. The highest BCUT2D eigenvalue weighted by Gasteiger charge is 2.31. The summed E-state index contributed by atoms with van der Waals surface area (Å²) < 4.78 is 13.3. The van der Waals surface area contributed by atoms with Crippen LogP contribution in [0.3, 0.4) is 0 Å². The summed E-state index contributed by atoms with van der Waals surface area (Å²) >= 11 is 0. The van der Waals surface area contributed by atoms with Crippen molar-refractivity contribution >= 4 is 0 Å². The number of hydrogen-bond donors (Lipinski definition) is 0. The summed E-state index contributed by atoms with van der Waals surface area (Å²) in [6.07, 6.45) is 0. The monoisotopic (exact) mass is 261 g/mol. The van der Waals surface area contributed by atoms with Crippen molar-refractivity contribution < 1.29 is 4.39 Å². The summed E-state index contributed by atoms with van der Waals surface area (Å²) in [5.41, 5.74) is 1.46. The van der Waals surface area contributed by atoms with Crippen molar-refractivity contribution in [2.75, 3.05) is 26.7 Å². The number of nitriles is 1. The van der Waals surface area contributed by atoms with Crippen LogP contribution in [0.5, 0.6) is 0 Å². The molecule has 1 saturated heterocycles. The maximum Gasteiger partial charge on any atom is 0.123 e. The lowest BCUT2D eigenvalue weighted by Crippen LogP contribution is -2.57. The van der Waals surface area contributed by atoms with Crippen molar-refractivity contribution in [1.29, 1.82) is 5.26 Å². The van der Waals surface area contributed by atoms with Crippen molar-refractivity contribution in [1.82, 2.24) is 9.80 Å². The highest BCUT2D eigenvalue weighted by atomic mass is 19.1. The first-order chi connectivity index (χ1) is 8.92. The maximum absolute atomic E-state index is 13.3. The highest BCUT2D eigenvalue weighted by Crippen LogP contribution is 2.21. The summed E-state index contributed by atoms with van der Waals surface area (Å²) in [4.78, 5) is 4.62. The molecule has 3 nitrogen and oxygen atoms in total. The van der Waals surface area contributed by atoms with Crippen LogP contribution >= 0.6 is 0 Å². The van der Waals surface area contributed by atoms with Gasteiger partial charge in [0.05, 0.1) is 11.6 Å². The number of halogens is 1. The number of benzene rings is 1. The molecule has 0 saturated carbocycles. The van der Waals surface area contributed by atoms with Gasteiger partial charge >= 0.3 is 0 Å². The lowest BCUT2D eigenvalue weighted by molar-refractivity contribution is 0.0359. The molecule has 1 aromatic carbocycles. The zero-order valence-electron chi connectivity index (χ0n) is 11.8. The Hall–Kier alpha value is -1.44. The van der Waals surface area contributed by atoms with E-state index in [0.29, 0.717) is 12.1 Å². The van der Waals surface area contributed by atoms with Crippen LogP contribution in [-0.4, -0.2) is 42.0 Å². The lowest BCUT2D eigenvalue weighted by Gasteiger charge is -2.45. The van der Waals surface area contributed by atoms with Crippen LogP contribution in [-0.2, 0) is 6.54 Å². The van der Waals surface area contributed by atoms with Gasteiger partial charge in [0.25, 0.3) is 0 Å². The van der Waals surface area contributed by atoms with Crippen molar-refractivity contribution in [2.24, 2.45) is 0 Å². The quantitative estimate of drug-likeness (QED) is 0.818. The minimum atomic E-state index is -0.276. The summed E-state index contributed by atoms with van der Waals surface area (Å²) in [6, 6.07) is 6.52. The standard InChI is InChI=1S/C15H20FN3/c1-15(2)11-19(7-6-18(15)3)10-13-8-14(16)5-4-12(13)9-17/h4-5,8H,6-7,10-11H2,1-3H3. The third-order valence-electron chi connectivity index (χ3n) is 3.98. The first-order valence-corrected chi connectivity index (χ1v) is 6.54. The van der Waals surface area contributed by atoms with E-state index in [-0.39, 0.29) is 11.4 Å². The van der Waals surface area contributed by atoms with Crippen molar-refractivity contribution in [3.05, 3.63) is 35.1 Å². The van der Waals surface area contributed by atoms with Crippen molar-refractivity contribution in [3.63, 3.8) is 0 Å². The first kappa shape index (κ1) is 14.0. The smallest absolute Gasteiger partial charge is 0.123 e. The molecule has 102 valence electrons. The predicted molar refractivity (Wildman–Crippen MR) is 73.1 cm³/mol. The fourth-order valence-corrected chi connectivity index (χ4v) is 2.52. The SMILES string of the molecule is CN1CCN(Cc2cc(F)ccc2C#N)CC1(C)C. The molecule has 19 heavy (non-hydrogen) atoms. The van der Waals surface area contributed by atoms with Crippen LogP contribution in [0.2, 0.25) is 0 Å². The molecule has 0 spiro atoms. The summed E-state index contributed by atoms with van der Waals surface area (Å²) in [7, 11) is 2.13. The maximum atomic E-state index is 13.3. The van der Waals surface area contributed by atoms with Gasteiger partial charge < -0.3 is 0 Å². The summed E-state index contributed by atoms with van der Waals surface area (Å²) in [6.45, 7) is 7.90. The third-order valence-corrected chi connectivity index (χ3v) is 3.98. The van der Waals surface area contributed by atoms with Gasteiger partial charge in [0.1, 0.15) is 5.82 Å². The Morgan fingerprint density at radius 3 is 2.74 bits per heavy atom. The lowest BCUT2D eigenvalue weighted by atomic mass is 9.98. The van der Waals surface area contributed by atoms with E-state index in [9.17, 15) is 4.39 Å². The van der Waals surface area contributed by atoms with Gasteiger partial charge in [0.15, 0.2) is 0 Å². The molecule has 0 N–H and O–H groups in total. The van der Waals surface area contributed by atoms with Crippen LogP contribution in [0.4, 0.5) is 4.39 Å². The highest BCUT2D eigenvalue weighted by molar-refractivity contribution is 5.37. The van der Waals surface area contributed by atoms with E-state index in [1.165, 1.54) is 12.1 Å². The van der Waals surface area contributed by atoms with Crippen LogP contribution in [0, 0.1) is 17.1 Å². The molecule has 0 amide bonds. The van der Waals surface area contributed by atoms with Gasteiger partial charge in [-0.25, -0.2) is 4.39 Å². The fraction of sp³-hybridized carbons (Fsp3) is 0.533. The molecule has 4 heteroatoms. The molecule has 1 fully saturated rings.